The third kappa shape index (κ3) is 2.93. The number of hydrogen-bond acceptors (Lipinski definition) is 2. The van der Waals surface area contributed by atoms with Crippen LogP contribution in [0.25, 0.3) is 6.08 Å². The molecule has 0 saturated carbocycles. The molecule has 0 aliphatic carbocycles. The van der Waals surface area contributed by atoms with Crippen LogP contribution in [0.5, 0.6) is 0 Å². The van der Waals surface area contributed by atoms with Gasteiger partial charge in [-0.2, -0.15) is 0 Å². The van der Waals surface area contributed by atoms with E-state index in [4.69, 9.17) is 0 Å². The van der Waals surface area contributed by atoms with E-state index in [1.165, 1.54) is 0 Å². The summed E-state index contributed by atoms with van der Waals surface area (Å²) in [5, 5.41) is 0. The molecule has 29 heavy (non-hydrogen) atoms. The van der Waals surface area contributed by atoms with Crippen molar-refractivity contribution in [2.75, 3.05) is 9.80 Å². The van der Waals surface area contributed by atoms with Gasteiger partial charge in [-0.3, -0.25) is 19.4 Å². The molecular formula is C25H20N2O2. The average Bonchev–Trinajstić information content (AvgIpc) is 2.78. The van der Waals surface area contributed by atoms with E-state index in [-0.39, 0.29) is 11.8 Å². The van der Waals surface area contributed by atoms with Crippen molar-refractivity contribution in [2.24, 2.45) is 5.92 Å². The lowest BCUT2D eigenvalue weighted by molar-refractivity contribution is -0.135. The summed E-state index contributed by atoms with van der Waals surface area (Å²) in [6.07, 6.45) is 3.85. The summed E-state index contributed by atoms with van der Waals surface area (Å²) >= 11 is 0. The largest absolute Gasteiger partial charge is 0.287 e. The minimum atomic E-state index is -0.756. The first kappa shape index (κ1) is 17.4. The maximum atomic E-state index is 13.6. The van der Waals surface area contributed by atoms with Crippen molar-refractivity contribution in [3.05, 3.63) is 102 Å². The van der Waals surface area contributed by atoms with Gasteiger partial charge in [0.2, 0.25) is 11.8 Å². The van der Waals surface area contributed by atoms with Crippen LogP contribution in [0.15, 0.2) is 91.0 Å². The molecule has 0 spiro atoms. The number of anilines is 2. The van der Waals surface area contributed by atoms with Crippen LogP contribution in [-0.2, 0) is 16.0 Å². The van der Waals surface area contributed by atoms with Gasteiger partial charge in [0.25, 0.3) is 0 Å². The average molecular weight is 380 g/mol. The first-order valence-corrected chi connectivity index (χ1v) is 9.76. The Kier molecular flexibility index (Phi) is 4.24. The summed E-state index contributed by atoms with van der Waals surface area (Å²) in [7, 11) is 0. The van der Waals surface area contributed by atoms with Gasteiger partial charge in [-0.05, 0) is 41.8 Å². The molecule has 1 fully saturated rings. The van der Waals surface area contributed by atoms with E-state index in [1.807, 2.05) is 97.1 Å². The minimum absolute atomic E-state index is 0.146. The Hall–Kier alpha value is -3.66. The van der Waals surface area contributed by atoms with Gasteiger partial charge in [0.05, 0.1) is 5.69 Å². The number of carbonyl (C=O) groups is 2. The monoisotopic (exact) mass is 380 g/mol. The molecule has 2 atom stereocenters. The molecule has 2 aliphatic rings. The Balaban J connectivity index is 1.62. The third-order valence-corrected chi connectivity index (χ3v) is 5.56. The van der Waals surface area contributed by atoms with Crippen molar-refractivity contribution in [3.8, 4) is 0 Å². The van der Waals surface area contributed by atoms with Crippen LogP contribution in [0.3, 0.4) is 0 Å². The maximum Gasteiger partial charge on any atom is 0.241 e. The van der Waals surface area contributed by atoms with Crippen LogP contribution in [0, 0.1) is 5.92 Å². The second kappa shape index (κ2) is 7.06. The summed E-state index contributed by atoms with van der Waals surface area (Å²) in [4.78, 5) is 30.6. The van der Waals surface area contributed by atoms with Crippen LogP contribution in [0.4, 0.5) is 11.4 Å². The van der Waals surface area contributed by atoms with Crippen LogP contribution in [-0.4, -0.2) is 18.0 Å². The summed E-state index contributed by atoms with van der Waals surface area (Å²) < 4.78 is 0. The summed E-state index contributed by atoms with van der Waals surface area (Å²) in [6, 6.07) is 27.1. The second-order valence-electron chi connectivity index (χ2n) is 7.33. The second-order valence-corrected chi connectivity index (χ2v) is 7.33. The van der Waals surface area contributed by atoms with Crippen molar-refractivity contribution in [1.29, 1.82) is 0 Å². The van der Waals surface area contributed by atoms with Gasteiger partial charge < -0.3 is 0 Å². The predicted octanol–water partition coefficient (Wildman–Crippen LogP) is 4.28. The van der Waals surface area contributed by atoms with Crippen molar-refractivity contribution < 1.29 is 9.59 Å². The molecule has 2 heterocycles. The quantitative estimate of drug-likeness (QED) is 0.637. The van der Waals surface area contributed by atoms with Crippen LogP contribution < -0.4 is 9.80 Å². The third-order valence-electron chi connectivity index (χ3n) is 5.56. The van der Waals surface area contributed by atoms with Crippen LogP contribution in [0.1, 0.15) is 11.1 Å². The van der Waals surface area contributed by atoms with Gasteiger partial charge in [0.15, 0.2) is 0 Å². The van der Waals surface area contributed by atoms with Gasteiger partial charge in [0.1, 0.15) is 12.1 Å². The van der Waals surface area contributed by atoms with Crippen molar-refractivity contribution in [2.45, 2.75) is 12.6 Å². The molecule has 142 valence electrons. The zero-order valence-corrected chi connectivity index (χ0v) is 15.8. The molecule has 5 rings (SSSR count). The molecule has 0 bridgehead atoms. The van der Waals surface area contributed by atoms with Crippen LogP contribution >= 0.6 is 0 Å². The number of carbonyl (C=O) groups excluding carboxylic acids is 2. The van der Waals surface area contributed by atoms with E-state index in [1.54, 1.807) is 9.80 Å². The van der Waals surface area contributed by atoms with E-state index >= 15 is 0 Å². The highest BCUT2D eigenvalue weighted by molar-refractivity contribution is 6.18. The Morgan fingerprint density at radius 3 is 2.07 bits per heavy atom. The molecular weight excluding hydrogens is 360 g/mol. The number of para-hydroxylation sites is 2. The number of nitrogens with zero attached hydrogens (tertiary/aromatic N) is 2. The van der Waals surface area contributed by atoms with Crippen molar-refractivity contribution in [1.82, 2.24) is 0 Å². The first-order valence-electron chi connectivity index (χ1n) is 9.76. The fraction of sp³-hybridized carbons (Fsp3) is 0.120. The van der Waals surface area contributed by atoms with E-state index in [2.05, 4.69) is 0 Å². The highest BCUT2D eigenvalue weighted by Crippen LogP contribution is 2.38. The zero-order chi connectivity index (χ0) is 19.8. The molecule has 3 aromatic carbocycles. The Labute approximate surface area is 169 Å². The van der Waals surface area contributed by atoms with Gasteiger partial charge in [-0.1, -0.05) is 72.8 Å². The Morgan fingerprint density at radius 1 is 0.690 bits per heavy atom. The number of rotatable bonds is 3. The first-order chi connectivity index (χ1) is 14.2. The highest BCUT2D eigenvalue weighted by Gasteiger charge is 2.47. The normalized spacial score (nSPS) is 20.4. The molecule has 2 aliphatic heterocycles. The van der Waals surface area contributed by atoms with E-state index < -0.39 is 12.1 Å². The highest BCUT2D eigenvalue weighted by atomic mass is 16.2. The predicted molar refractivity (Wildman–Crippen MR) is 114 cm³/mol. The van der Waals surface area contributed by atoms with Gasteiger partial charge in [0, 0.05) is 5.69 Å². The fourth-order valence-electron chi connectivity index (χ4n) is 4.18. The lowest BCUT2D eigenvalue weighted by atomic mass is 9.91. The van der Waals surface area contributed by atoms with E-state index in [9.17, 15) is 9.59 Å². The Bertz CT molecular complexity index is 1090. The van der Waals surface area contributed by atoms with Gasteiger partial charge >= 0.3 is 0 Å². The molecule has 2 amide bonds. The lowest BCUT2D eigenvalue weighted by Crippen LogP contribution is -2.64. The van der Waals surface area contributed by atoms with Gasteiger partial charge in [-0.25, -0.2) is 0 Å². The number of benzene rings is 3. The van der Waals surface area contributed by atoms with Crippen molar-refractivity contribution in [3.63, 3.8) is 0 Å². The SMILES string of the molecule is O=C1[C@@H](Cc2ccccc2)C(=O)N2c3ccccc3C=C[C@@H]2N1c1ccccc1. The molecule has 1 saturated heterocycles. The van der Waals surface area contributed by atoms with E-state index in [0.717, 1.165) is 22.5 Å². The summed E-state index contributed by atoms with van der Waals surface area (Å²) in [5.74, 6) is -1.06. The van der Waals surface area contributed by atoms with Crippen molar-refractivity contribution >= 4 is 29.3 Å². The smallest absolute Gasteiger partial charge is 0.241 e. The van der Waals surface area contributed by atoms with Gasteiger partial charge in [-0.15, -0.1) is 0 Å². The molecule has 0 radical (unpaired) electrons. The minimum Gasteiger partial charge on any atom is -0.287 e. The molecule has 4 nitrogen and oxygen atoms in total. The topological polar surface area (TPSA) is 40.6 Å². The number of amides is 2. The fourth-order valence-corrected chi connectivity index (χ4v) is 4.18. The molecule has 4 heteroatoms. The maximum absolute atomic E-state index is 13.6. The molecule has 0 aromatic heterocycles. The summed E-state index contributed by atoms with van der Waals surface area (Å²) in [5.41, 5.74) is 3.60. The molecule has 3 aromatic rings. The van der Waals surface area contributed by atoms with Crippen LogP contribution in [0.2, 0.25) is 0 Å². The lowest BCUT2D eigenvalue weighted by Gasteiger charge is -2.46. The summed E-state index contributed by atoms with van der Waals surface area (Å²) in [6.45, 7) is 0. The van der Waals surface area contributed by atoms with E-state index in [0.29, 0.717) is 6.42 Å². The Morgan fingerprint density at radius 2 is 1.31 bits per heavy atom. The zero-order valence-electron chi connectivity index (χ0n) is 15.8. The standard InChI is InChI=1S/C25H20N2O2/c28-24-21(17-18-9-3-1-4-10-18)25(29)27-22-14-8-7-11-19(22)15-16-23(27)26(24)20-12-5-2-6-13-20/h1-16,21,23H,17H2/t21-,23-/m1/s1. The number of hydrogen-bond donors (Lipinski definition) is 0. The number of fused-ring (bicyclic) bond motifs is 3. The molecule has 0 N–H and O–H groups in total. The molecule has 0 unspecified atom stereocenters.